The first-order valence-electron chi connectivity index (χ1n) is 7.33. The fourth-order valence-corrected chi connectivity index (χ4v) is 2.59. The molecule has 0 fully saturated rings. The van der Waals surface area contributed by atoms with E-state index in [1.54, 1.807) is 0 Å². The van der Waals surface area contributed by atoms with Gasteiger partial charge >= 0.3 is 23.9 Å². The summed E-state index contributed by atoms with van der Waals surface area (Å²) < 4.78 is 10.1. The molecule has 0 amide bonds. The maximum absolute atomic E-state index is 11.9. The lowest BCUT2D eigenvalue weighted by Crippen LogP contribution is -2.52. The van der Waals surface area contributed by atoms with Crippen LogP contribution in [0.15, 0.2) is 0 Å². The molecule has 2 N–H and O–H groups in total. The van der Waals surface area contributed by atoms with Crippen molar-refractivity contribution in [3.63, 3.8) is 0 Å². The third-order valence-electron chi connectivity index (χ3n) is 3.77. The number of esters is 2. The van der Waals surface area contributed by atoms with E-state index in [0.29, 0.717) is 0 Å². The molecule has 0 aromatic rings. The van der Waals surface area contributed by atoms with E-state index in [4.69, 9.17) is 14.6 Å². The van der Waals surface area contributed by atoms with Crippen LogP contribution in [0.5, 0.6) is 0 Å². The summed E-state index contributed by atoms with van der Waals surface area (Å²) >= 11 is 0. The van der Waals surface area contributed by atoms with E-state index in [1.165, 1.54) is 13.8 Å². The Morgan fingerprint density at radius 2 is 1.35 bits per heavy atom. The minimum Gasteiger partial charge on any atom is -0.481 e. The van der Waals surface area contributed by atoms with E-state index >= 15 is 0 Å². The van der Waals surface area contributed by atoms with Gasteiger partial charge in [0, 0.05) is 20.3 Å². The van der Waals surface area contributed by atoms with E-state index < -0.39 is 41.5 Å². The average molecular weight is 332 g/mol. The number of rotatable bonds is 10. The molecule has 0 aliphatic heterocycles. The van der Waals surface area contributed by atoms with Gasteiger partial charge in [-0.25, -0.2) is 0 Å². The minimum absolute atomic E-state index is 0.0124. The summed E-state index contributed by atoms with van der Waals surface area (Å²) in [4.78, 5) is 44.8. The van der Waals surface area contributed by atoms with Crippen LogP contribution in [0.2, 0.25) is 0 Å². The molecule has 0 radical (unpaired) electrons. The predicted molar refractivity (Wildman–Crippen MR) is 78.6 cm³/mol. The number of carboxylic acids is 2. The molecule has 0 saturated carbocycles. The number of carboxylic acid groups (broad SMARTS) is 2. The third-order valence-corrected chi connectivity index (χ3v) is 3.77. The van der Waals surface area contributed by atoms with Crippen molar-refractivity contribution in [1.82, 2.24) is 0 Å². The first-order valence-corrected chi connectivity index (χ1v) is 7.33. The van der Waals surface area contributed by atoms with Gasteiger partial charge in [-0.2, -0.15) is 0 Å². The van der Waals surface area contributed by atoms with Crippen molar-refractivity contribution >= 4 is 23.9 Å². The van der Waals surface area contributed by atoms with E-state index in [1.807, 2.05) is 0 Å². The van der Waals surface area contributed by atoms with Crippen molar-refractivity contribution in [3.05, 3.63) is 0 Å². The van der Waals surface area contributed by atoms with Crippen LogP contribution in [0.1, 0.15) is 53.4 Å². The molecule has 0 saturated heterocycles. The van der Waals surface area contributed by atoms with Crippen molar-refractivity contribution in [2.24, 2.45) is 5.41 Å². The minimum atomic E-state index is -1.64. The molecule has 0 aromatic heterocycles. The number of unbranched alkanes of at least 4 members (excludes halogenated alkanes) is 1. The Bertz CT molecular complexity index is 434. The molecule has 132 valence electrons. The van der Waals surface area contributed by atoms with Crippen LogP contribution in [-0.4, -0.2) is 46.3 Å². The summed E-state index contributed by atoms with van der Waals surface area (Å²) in [5, 5.41) is 18.4. The monoisotopic (exact) mass is 332 g/mol. The van der Waals surface area contributed by atoms with Gasteiger partial charge in [0.15, 0.2) is 0 Å². The lowest BCUT2D eigenvalue weighted by molar-refractivity contribution is -0.185. The molecule has 0 heterocycles. The molecule has 0 spiro atoms. The number of hydrogen-bond acceptors (Lipinski definition) is 6. The lowest BCUT2D eigenvalue weighted by Gasteiger charge is -2.38. The number of ether oxygens (including phenoxy) is 2. The Balaban J connectivity index is 5.39. The standard InChI is InChI=1S/C15H24O8/c1-9(22-11(3)16)15(14(20)21,10(2)23-12(4)17)8-6-5-7-13(18)19/h9-10H,5-8H2,1-4H3,(H,18,19)(H,20,21). The molecule has 0 aliphatic rings. The molecular formula is C15H24O8. The largest absolute Gasteiger partial charge is 0.481 e. The summed E-state index contributed by atoms with van der Waals surface area (Å²) in [5.74, 6) is -3.55. The van der Waals surface area contributed by atoms with Crippen molar-refractivity contribution in [2.75, 3.05) is 0 Å². The zero-order valence-electron chi connectivity index (χ0n) is 13.8. The lowest BCUT2D eigenvalue weighted by atomic mass is 9.73. The van der Waals surface area contributed by atoms with Crippen molar-refractivity contribution in [3.8, 4) is 0 Å². The van der Waals surface area contributed by atoms with Gasteiger partial charge < -0.3 is 19.7 Å². The van der Waals surface area contributed by atoms with Crippen LogP contribution < -0.4 is 0 Å². The van der Waals surface area contributed by atoms with Crippen LogP contribution >= 0.6 is 0 Å². The number of aliphatic carboxylic acids is 2. The summed E-state index contributed by atoms with van der Waals surface area (Å²) in [6.07, 6.45) is -1.63. The second-order valence-corrected chi connectivity index (χ2v) is 5.45. The Labute approximate surface area is 134 Å². The molecule has 0 aromatic carbocycles. The first-order chi connectivity index (χ1) is 10.5. The Hall–Kier alpha value is -2.12. The second-order valence-electron chi connectivity index (χ2n) is 5.45. The Morgan fingerprint density at radius 3 is 1.65 bits per heavy atom. The number of carbonyl (C=O) groups is 4. The van der Waals surface area contributed by atoms with Gasteiger partial charge in [-0.05, 0) is 26.7 Å². The van der Waals surface area contributed by atoms with Gasteiger partial charge in [0.1, 0.15) is 17.6 Å². The highest BCUT2D eigenvalue weighted by Gasteiger charge is 2.51. The van der Waals surface area contributed by atoms with E-state index in [-0.39, 0.29) is 25.7 Å². The molecule has 0 rings (SSSR count). The summed E-state index contributed by atoms with van der Waals surface area (Å²) in [6, 6.07) is 0. The smallest absolute Gasteiger partial charge is 0.317 e. The molecule has 2 atom stereocenters. The molecule has 0 aliphatic carbocycles. The molecule has 23 heavy (non-hydrogen) atoms. The Kier molecular flexibility index (Phi) is 8.28. The summed E-state index contributed by atoms with van der Waals surface area (Å²) in [6.45, 7) is 5.16. The summed E-state index contributed by atoms with van der Waals surface area (Å²) in [7, 11) is 0. The van der Waals surface area contributed by atoms with Crippen LogP contribution in [-0.2, 0) is 28.7 Å². The van der Waals surface area contributed by atoms with Crippen LogP contribution in [0.3, 0.4) is 0 Å². The zero-order valence-corrected chi connectivity index (χ0v) is 13.8. The van der Waals surface area contributed by atoms with Crippen molar-refractivity contribution in [1.29, 1.82) is 0 Å². The second kappa shape index (κ2) is 9.12. The quantitative estimate of drug-likeness (QED) is 0.456. The van der Waals surface area contributed by atoms with E-state index in [2.05, 4.69) is 0 Å². The van der Waals surface area contributed by atoms with Gasteiger partial charge in [0.25, 0.3) is 0 Å². The number of hydrogen-bond donors (Lipinski definition) is 2. The highest BCUT2D eigenvalue weighted by molar-refractivity contribution is 5.78. The van der Waals surface area contributed by atoms with Gasteiger partial charge in [0.05, 0.1) is 0 Å². The third kappa shape index (κ3) is 6.25. The van der Waals surface area contributed by atoms with Crippen molar-refractivity contribution in [2.45, 2.75) is 65.6 Å². The van der Waals surface area contributed by atoms with Gasteiger partial charge in [0.2, 0.25) is 0 Å². The van der Waals surface area contributed by atoms with Crippen LogP contribution in [0.25, 0.3) is 0 Å². The maximum Gasteiger partial charge on any atom is 0.317 e. The zero-order chi connectivity index (χ0) is 18.2. The van der Waals surface area contributed by atoms with Gasteiger partial charge in [-0.3, -0.25) is 19.2 Å². The van der Waals surface area contributed by atoms with Gasteiger partial charge in [-0.15, -0.1) is 0 Å². The predicted octanol–water partition coefficient (Wildman–Crippen LogP) is 1.61. The fraction of sp³-hybridized carbons (Fsp3) is 0.733. The highest BCUT2D eigenvalue weighted by Crippen LogP contribution is 2.37. The highest BCUT2D eigenvalue weighted by atomic mass is 16.6. The molecular weight excluding hydrogens is 308 g/mol. The summed E-state index contributed by atoms with van der Waals surface area (Å²) in [5.41, 5.74) is -1.64. The molecule has 2 unspecified atom stereocenters. The van der Waals surface area contributed by atoms with Crippen molar-refractivity contribution < 1.29 is 38.9 Å². The maximum atomic E-state index is 11.9. The molecule has 0 bridgehead atoms. The van der Waals surface area contributed by atoms with Crippen LogP contribution in [0, 0.1) is 5.41 Å². The van der Waals surface area contributed by atoms with Crippen LogP contribution in [0.4, 0.5) is 0 Å². The van der Waals surface area contributed by atoms with E-state index in [9.17, 15) is 24.3 Å². The van der Waals surface area contributed by atoms with Gasteiger partial charge in [-0.1, -0.05) is 6.42 Å². The topological polar surface area (TPSA) is 127 Å². The average Bonchev–Trinajstić information content (AvgIpc) is 2.35. The fourth-order valence-electron chi connectivity index (χ4n) is 2.59. The number of carbonyl (C=O) groups excluding carboxylic acids is 2. The molecule has 8 nitrogen and oxygen atoms in total. The normalized spacial score (nSPS) is 15.8. The van der Waals surface area contributed by atoms with E-state index in [0.717, 1.165) is 13.8 Å². The molecule has 8 heteroatoms. The Morgan fingerprint density at radius 1 is 0.913 bits per heavy atom. The SMILES string of the molecule is CC(=O)OC(C)C(CCCCC(=O)O)(C(=O)O)C(C)OC(C)=O. The first kappa shape index (κ1) is 20.9.